The van der Waals surface area contributed by atoms with Gasteiger partial charge >= 0.3 is 12.1 Å². The van der Waals surface area contributed by atoms with Crippen LogP contribution in [0.4, 0.5) is 9.18 Å². The van der Waals surface area contributed by atoms with E-state index in [1.807, 2.05) is 27.7 Å². The molecule has 6 rings (SSSR count). The van der Waals surface area contributed by atoms with Crippen LogP contribution in [0.3, 0.4) is 0 Å². The van der Waals surface area contributed by atoms with Crippen molar-refractivity contribution >= 4 is 49.7 Å². The van der Waals surface area contributed by atoms with Gasteiger partial charge < -0.3 is 24.5 Å². The van der Waals surface area contributed by atoms with E-state index in [9.17, 15) is 24.3 Å². The summed E-state index contributed by atoms with van der Waals surface area (Å²) in [6.07, 6.45) is 0.353. The van der Waals surface area contributed by atoms with Gasteiger partial charge in [0.2, 0.25) is 5.12 Å². The molecule has 244 valence electrons. The van der Waals surface area contributed by atoms with Crippen molar-refractivity contribution in [2.45, 2.75) is 90.8 Å². The number of hydrogen-bond donors (Lipinski definition) is 2. The fourth-order valence-corrected chi connectivity index (χ4v) is 8.65. The Labute approximate surface area is 273 Å². The van der Waals surface area contributed by atoms with E-state index < -0.39 is 40.5 Å². The van der Waals surface area contributed by atoms with Gasteiger partial charge in [0, 0.05) is 33.2 Å². The monoisotopic (exact) mass is 669 g/mol. The molecule has 0 bridgehead atoms. The number of cyclic esters (lactones) is 1. The van der Waals surface area contributed by atoms with Crippen molar-refractivity contribution in [3.63, 3.8) is 0 Å². The van der Waals surface area contributed by atoms with Crippen molar-refractivity contribution in [3.05, 3.63) is 61.7 Å². The van der Waals surface area contributed by atoms with E-state index in [4.69, 9.17) is 14.5 Å². The lowest BCUT2D eigenvalue weighted by Gasteiger charge is -2.31. The van der Waals surface area contributed by atoms with Crippen LogP contribution in [0, 0.1) is 18.2 Å². The lowest BCUT2D eigenvalue weighted by Crippen LogP contribution is -2.44. The molecule has 3 aromatic rings. The van der Waals surface area contributed by atoms with Crippen molar-refractivity contribution in [1.29, 1.82) is 0 Å². The molecule has 4 heterocycles. The predicted molar refractivity (Wildman–Crippen MR) is 174 cm³/mol. The van der Waals surface area contributed by atoms with Crippen LogP contribution in [0.15, 0.2) is 16.9 Å². The van der Waals surface area contributed by atoms with Crippen molar-refractivity contribution in [3.8, 4) is 11.4 Å². The maximum Gasteiger partial charge on any atom is 0.407 e. The Morgan fingerprint density at radius 2 is 2.00 bits per heavy atom. The first-order chi connectivity index (χ1) is 21.6. The molecule has 10 nitrogen and oxygen atoms in total. The molecule has 1 aromatic carbocycles. The van der Waals surface area contributed by atoms with E-state index in [1.54, 1.807) is 19.9 Å². The number of carbonyl (C=O) groups excluding carboxylic acids is 3. The summed E-state index contributed by atoms with van der Waals surface area (Å²) in [5, 5.41) is 14.9. The highest BCUT2D eigenvalue weighted by molar-refractivity contribution is 8.82. The van der Waals surface area contributed by atoms with Crippen LogP contribution >= 0.6 is 21.6 Å². The molecule has 46 heavy (non-hydrogen) atoms. The predicted octanol–water partition coefficient (Wildman–Crippen LogP) is 5.58. The van der Waals surface area contributed by atoms with Gasteiger partial charge in [0.1, 0.15) is 19.0 Å². The molecule has 0 spiro atoms. The number of amides is 1. The van der Waals surface area contributed by atoms with Gasteiger partial charge in [0.25, 0.3) is 5.56 Å². The zero-order valence-electron chi connectivity index (χ0n) is 26.5. The van der Waals surface area contributed by atoms with Crippen LogP contribution in [0.25, 0.3) is 22.3 Å². The van der Waals surface area contributed by atoms with Crippen molar-refractivity contribution in [1.82, 2.24) is 14.9 Å². The number of rotatable bonds is 6. The number of nitrogens with zero attached hydrogens (tertiary/aromatic N) is 2. The van der Waals surface area contributed by atoms with E-state index in [0.29, 0.717) is 40.9 Å². The largest absolute Gasteiger partial charge is 0.458 e. The zero-order chi connectivity index (χ0) is 33.3. The summed E-state index contributed by atoms with van der Waals surface area (Å²) in [7, 11) is 2.50. The van der Waals surface area contributed by atoms with Crippen LogP contribution in [-0.2, 0) is 44.2 Å². The number of aliphatic hydroxyl groups is 1. The highest BCUT2D eigenvalue weighted by Gasteiger charge is 2.46. The fourth-order valence-electron chi connectivity index (χ4n) is 6.35. The first-order valence-corrected chi connectivity index (χ1v) is 17.5. The number of alkyl carbamates (subject to hydrolysis) is 1. The number of halogens is 1. The first-order valence-electron chi connectivity index (χ1n) is 15.3. The van der Waals surface area contributed by atoms with Gasteiger partial charge in [-0.3, -0.25) is 9.59 Å². The smallest absolute Gasteiger partial charge is 0.407 e. The molecule has 0 saturated heterocycles. The second-order valence-corrected chi connectivity index (χ2v) is 15.8. The molecule has 2 N–H and O–H groups in total. The summed E-state index contributed by atoms with van der Waals surface area (Å²) in [6, 6.07) is 2.47. The normalized spacial score (nSPS) is 20.4. The summed E-state index contributed by atoms with van der Waals surface area (Å²) in [4.78, 5) is 56.6. The van der Waals surface area contributed by atoms with E-state index in [-0.39, 0.29) is 47.7 Å². The van der Waals surface area contributed by atoms with Crippen LogP contribution in [-0.4, -0.2) is 43.7 Å². The third-order valence-electron chi connectivity index (χ3n) is 9.02. The summed E-state index contributed by atoms with van der Waals surface area (Å²) in [5.74, 6) is -1.21. The minimum absolute atomic E-state index is 0.00957. The quantitative estimate of drug-likeness (QED) is 0.198. The van der Waals surface area contributed by atoms with Gasteiger partial charge in [-0.1, -0.05) is 38.5 Å². The number of aromatic nitrogens is 2. The van der Waals surface area contributed by atoms with Crippen molar-refractivity contribution < 1.29 is 33.4 Å². The molecular weight excluding hydrogens is 634 g/mol. The molecule has 0 radical (unpaired) electrons. The summed E-state index contributed by atoms with van der Waals surface area (Å²) < 4.78 is 27.4. The first kappa shape index (κ1) is 32.5. The average molecular weight is 670 g/mol. The number of aryl methyl sites for hydroxylation is 1. The highest BCUT2D eigenvalue weighted by atomic mass is 33.1. The van der Waals surface area contributed by atoms with Gasteiger partial charge in [-0.05, 0) is 66.7 Å². The zero-order valence-corrected chi connectivity index (χ0v) is 28.2. The summed E-state index contributed by atoms with van der Waals surface area (Å²) in [5.41, 5.74) is 1.53. The van der Waals surface area contributed by atoms with Crippen LogP contribution in [0.5, 0.6) is 0 Å². The van der Waals surface area contributed by atoms with E-state index in [0.717, 1.165) is 27.3 Å². The Balaban J connectivity index is 1.36. The van der Waals surface area contributed by atoms with E-state index in [2.05, 4.69) is 5.32 Å². The number of carbonyl (C=O) groups is 3. The third-order valence-corrected chi connectivity index (χ3v) is 12.1. The maximum atomic E-state index is 15.1. The Morgan fingerprint density at radius 3 is 2.70 bits per heavy atom. The van der Waals surface area contributed by atoms with Gasteiger partial charge in [-0.15, -0.1) is 0 Å². The van der Waals surface area contributed by atoms with Crippen LogP contribution in [0.1, 0.15) is 86.9 Å². The lowest BCUT2D eigenvalue weighted by molar-refractivity contribution is -0.172. The molecule has 3 aliphatic rings. The number of nitrogens with one attached hydrogen (secondary N) is 1. The molecule has 13 heteroatoms. The number of pyridine rings is 2. The minimum Gasteiger partial charge on any atom is -0.458 e. The van der Waals surface area contributed by atoms with Gasteiger partial charge in [-0.25, -0.2) is 19.0 Å². The molecule has 0 saturated carbocycles. The molecule has 1 amide bonds. The van der Waals surface area contributed by atoms with Crippen molar-refractivity contribution in [2.75, 3.05) is 6.61 Å². The molecule has 3 atom stereocenters. The van der Waals surface area contributed by atoms with Gasteiger partial charge in [0.15, 0.2) is 5.60 Å². The fraction of sp³-hybridized carbons (Fsp3) is 0.485. The second kappa shape index (κ2) is 11.7. The van der Waals surface area contributed by atoms with Gasteiger partial charge in [-0.2, -0.15) is 0 Å². The summed E-state index contributed by atoms with van der Waals surface area (Å²) in [6.45, 7) is 10.8. The minimum atomic E-state index is -1.98. The highest BCUT2D eigenvalue weighted by Crippen LogP contribution is 2.46. The number of fused-ring (bicyclic) bond motifs is 5. The number of benzene rings is 1. The van der Waals surface area contributed by atoms with Gasteiger partial charge in [0.05, 0.1) is 35.1 Å². The standard InChI is InChI=1S/C33H36FN3O7S2/c1-7-33(42)20-10-24-27-18(12-37(24)28(38)19(20)14-43-29(33)39)26-22(9-8-17-16(3)21(34)11-23(35-27)25(17)26)36-31(41)44-13-15(2)45-46-30(40)32(4,5)6/h10-11,15,22,42H,7-9,12-14H2,1-6H3,(H,36,41)/t15-,22-,33-/m0/s1. The topological polar surface area (TPSA) is 137 Å². The van der Waals surface area contributed by atoms with Crippen LogP contribution < -0.4 is 10.9 Å². The molecule has 2 aliphatic heterocycles. The van der Waals surface area contributed by atoms with Crippen molar-refractivity contribution in [2.24, 2.45) is 5.41 Å². The molecule has 0 unspecified atom stereocenters. The Hall–Kier alpha value is -3.42. The maximum absolute atomic E-state index is 15.1. The molecule has 0 fully saturated rings. The number of ether oxygens (including phenoxy) is 2. The molecule has 2 aromatic heterocycles. The Kier molecular flexibility index (Phi) is 8.25. The summed E-state index contributed by atoms with van der Waals surface area (Å²) >= 11 is 0. The SMILES string of the molecule is CC[C@@]1(O)C(=O)OCc2c1cc1n(c2=O)Cc2c-1nc1cc(F)c(C)c3c1c2[C@@H](NC(=O)OC[C@H](C)SSC(=O)C(C)(C)C)CC3. The average Bonchev–Trinajstić information content (AvgIpc) is 3.38. The third kappa shape index (κ3) is 5.29. The Bertz CT molecular complexity index is 1890. The molecule has 1 aliphatic carbocycles. The Morgan fingerprint density at radius 1 is 1.26 bits per heavy atom. The van der Waals surface area contributed by atoms with E-state index in [1.165, 1.54) is 21.4 Å². The lowest BCUT2D eigenvalue weighted by atomic mass is 9.81. The second-order valence-electron chi connectivity index (χ2n) is 13.2. The van der Waals surface area contributed by atoms with Crippen LogP contribution in [0.2, 0.25) is 0 Å². The number of hydrogen-bond acceptors (Lipinski definition) is 10. The molecular formula is C33H36FN3O7S2. The number of esters is 1. The van der Waals surface area contributed by atoms with E-state index >= 15 is 4.39 Å².